The molecule has 0 heterocycles. The summed E-state index contributed by atoms with van der Waals surface area (Å²) >= 11 is 2.27. The molecular weight excluding hydrogens is 387 g/mol. The molecule has 3 nitrogen and oxygen atoms in total. The molecule has 0 bridgehead atoms. The van der Waals surface area contributed by atoms with Gasteiger partial charge < -0.3 is 5.32 Å². The summed E-state index contributed by atoms with van der Waals surface area (Å²) in [6.45, 7) is 6.12. The highest BCUT2D eigenvalue weighted by Gasteiger charge is 2.11. The molecular formula is C18H21IN2O. The largest absolute Gasteiger partial charge is 0.325 e. The van der Waals surface area contributed by atoms with Gasteiger partial charge in [0.15, 0.2) is 0 Å². The minimum absolute atomic E-state index is 0.0297. The number of nitrogens with one attached hydrogen (secondary N) is 1. The van der Waals surface area contributed by atoms with Crippen LogP contribution in [-0.2, 0) is 11.3 Å². The summed E-state index contributed by atoms with van der Waals surface area (Å²) in [5.41, 5.74) is 3.20. The van der Waals surface area contributed by atoms with Gasteiger partial charge in [-0.2, -0.15) is 0 Å². The molecule has 0 spiro atoms. The highest BCUT2D eigenvalue weighted by Crippen LogP contribution is 2.17. The van der Waals surface area contributed by atoms with Crippen molar-refractivity contribution in [3.05, 3.63) is 63.2 Å². The molecule has 0 saturated carbocycles. The van der Waals surface area contributed by atoms with Gasteiger partial charge in [0, 0.05) is 15.8 Å². The number of hydrogen-bond acceptors (Lipinski definition) is 2. The summed E-state index contributed by atoms with van der Waals surface area (Å²) in [7, 11) is 0. The summed E-state index contributed by atoms with van der Waals surface area (Å²) in [6, 6.07) is 16.3. The Hall–Kier alpha value is -1.40. The Bertz CT molecular complexity index is 628. The third kappa shape index (κ3) is 5.10. The molecule has 0 saturated heterocycles. The van der Waals surface area contributed by atoms with Crippen LogP contribution in [0.5, 0.6) is 0 Å². The first-order valence-corrected chi connectivity index (χ1v) is 8.48. The van der Waals surface area contributed by atoms with E-state index in [1.807, 2.05) is 37.3 Å². The molecule has 1 N–H and O–H groups in total. The minimum atomic E-state index is 0.0297. The molecule has 0 aliphatic heterocycles. The SMILES string of the molecule is CCN(CC(=O)Nc1ccc(I)cc1C)Cc1ccccc1. The molecule has 4 heteroatoms. The van der Waals surface area contributed by atoms with Gasteiger partial charge >= 0.3 is 0 Å². The number of anilines is 1. The first-order valence-electron chi connectivity index (χ1n) is 7.40. The molecule has 0 aliphatic carbocycles. The van der Waals surface area contributed by atoms with E-state index >= 15 is 0 Å². The molecule has 0 aliphatic rings. The molecule has 0 aromatic heterocycles. The average molecular weight is 408 g/mol. The third-order valence-corrected chi connectivity index (χ3v) is 4.20. The van der Waals surface area contributed by atoms with E-state index in [9.17, 15) is 4.79 Å². The number of carbonyl (C=O) groups excluding carboxylic acids is 1. The Labute approximate surface area is 145 Å². The number of carbonyl (C=O) groups is 1. The molecule has 1 amide bonds. The lowest BCUT2D eigenvalue weighted by Gasteiger charge is -2.20. The number of halogens is 1. The fraction of sp³-hybridized carbons (Fsp3) is 0.278. The maximum absolute atomic E-state index is 12.3. The lowest BCUT2D eigenvalue weighted by atomic mass is 10.2. The van der Waals surface area contributed by atoms with E-state index in [2.05, 4.69) is 57.9 Å². The van der Waals surface area contributed by atoms with Crippen LogP contribution in [0.4, 0.5) is 5.69 Å². The molecule has 2 aromatic rings. The maximum Gasteiger partial charge on any atom is 0.238 e. The first-order chi connectivity index (χ1) is 10.6. The van der Waals surface area contributed by atoms with Gasteiger partial charge in [-0.1, -0.05) is 37.3 Å². The van der Waals surface area contributed by atoms with Crippen LogP contribution in [-0.4, -0.2) is 23.9 Å². The van der Waals surface area contributed by atoms with Crippen molar-refractivity contribution in [3.63, 3.8) is 0 Å². The van der Waals surface area contributed by atoms with E-state index in [0.717, 1.165) is 24.3 Å². The van der Waals surface area contributed by atoms with E-state index in [1.165, 1.54) is 9.13 Å². The fourth-order valence-corrected chi connectivity index (χ4v) is 2.93. The van der Waals surface area contributed by atoms with Gasteiger partial charge in [-0.3, -0.25) is 9.69 Å². The summed E-state index contributed by atoms with van der Waals surface area (Å²) < 4.78 is 1.17. The van der Waals surface area contributed by atoms with Crippen LogP contribution in [0.2, 0.25) is 0 Å². The molecule has 22 heavy (non-hydrogen) atoms. The Kier molecular flexibility index (Phi) is 6.39. The summed E-state index contributed by atoms with van der Waals surface area (Å²) in [5, 5.41) is 3.00. The number of aryl methyl sites for hydroxylation is 1. The predicted octanol–water partition coefficient (Wildman–Crippen LogP) is 4.06. The van der Waals surface area contributed by atoms with Crippen LogP contribution < -0.4 is 5.32 Å². The number of hydrogen-bond donors (Lipinski definition) is 1. The Balaban J connectivity index is 1.94. The Morgan fingerprint density at radius 1 is 1.18 bits per heavy atom. The van der Waals surface area contributed by atoms with Gasteiger partial charge in [0.05, 0.1) is 6.54 Å². The van der Waals surface area contributed by atoms with Crippen molar-refractivity contribution in [2.75, 3.05) is 18.4 Å². The lowest BCUT2D eigenvalue weighted by Crippen LogP contribution is -2.32. The van der Waals surface area contributed by atoms with Gasteiger partial charge in [0.25, 0.3) is 0 Å². The van der Waals surface area contributed by atoms with Crippen molar-refractivity contribution in [1.29, 1.82) is 0 Å². The van der Waals surface area contributed by atoms with E-state index < -0.39 is 0 Å². The fourth-order valence-electron chi connectivity index (χ4n) is 2.28. The monoisotopic (exact) mass is 408 g/mol. The normalized spacial score (nSPS) is 10.7. The standard InChI is InChI=1S/C18H21IN2O/c1-3-21(12-15-7-5-4-6-8-15)13-18(22)20-17-10-9-16(19)11-14(17)2/h4-11H,3,12-13H2,1-2H3,(H,20,22). The zero-order chi connectivity index (χ0) is 15.9. The van der Waals surface area contributed by atoms with Crippen molar-refractivity contribution in [2.24, 2.45) is 0 Å². The Morgan fingerprint density at radius 3 is 2.55 bits per heavy atom. The minimum Gasteiger partial charge on any atom is -0.325 e. The average Bonchev–Trinajstić information content (AvgIpc) is 2.50. The predicted molar refractivity (Wildman–Crippen MR) is 99.9 cm³/mol. The van der Waals surface area contributed by atoms with E-state index in [0.29, 0.717) is 6.54 Å². The van der Waals surface area contributed by atoms with Gasteiger partial charge in [-0.05, 0) is 65.4 Å². The van der Waals surface area contributed by atoms with Crippen LogP contribution >= 0.6 is 22.6 Å². The van der Waals surface area contributed by atoms with Gasteiger partial charge in [-0.25, -0.2) is 0 Å². The van der Waals surface area contributed by atoms with Crippen molar-refractivity contribution >= 4 is 34.2 Å². The van der Waals surface area contributed by atoms with Crippen molar-refractivity contribution in [3.8, 4) is 0 Å². The second-order valence-corrected chi connectivity index (χ2v) is 6.54. The number of amides is 1. The summed E-state index contributed by atoms with van der Waals surface area (Å²) in [6.07, 6.45) is 0. The van der Waals surface area contributed by atoms with Gasteiger partial charge in [-0.15, -0.1) is 0 Å². The zero-order valence-corrected chi connectivity index (χ0v) is 15.1. The first kappa shape index (κ1) is 17.0. The number of rotatable bonds is 6. The molecule has 0 fully saturated rings. The molecule has 116 valence electrons. The molecule has 2 rings (SSSR count). The van der Waals surface area contributed by atoms with E-state index in [4.69, 9.17) is 0 Å². The molecule has 0 radical (unpaired) electrons. The van der Waals surface area contributed by atoms with Crippen molar-refractivity contribution < 1.29 is 4.79 Å². The summed E-state index contributed by atoms with van der Waals surface area (Å²) in [4.78, 5) is 14.4. The zero-order valence-electron chi connectivity index (χ0n) is 13.0. The molecule has 2 aromatic carbocycles. The van der Waals surface area contributed by atoms with Crippen molar-refractivity contribution in [2.45, 2.75) is 20.4 Å². The number of likely N-dealkylation sites (N-methyl/N-ethyl adjacent to an activating group) is 1. The smallest absolute Gasteiger partial charge is 0.238 e. The number of nitrogens with zero attached hydrogens (tertiary/aromatic N) is 1. The third-order valence-electron chi connectivity index (χ3n) is 3.53. The van der Waals surface area contributed by atoms with E-state index in [-0.39, 0.29) is 5.91 Å². The quantitative estimate of drug-likeness (QED) is 0.732. The van der Waals surface area contributed by atoms with Crippen LogP contribution in [0, 0.1) is 10.5 Å². The topological polar surface area (TPSA) is 32.3 Å². The molecule has 0 unspecified atom stereocenters. The lowest BCUT2D eigenvalue weighted by molar-refractivity contribution is -0.117. The van der Waals surface area contributed by atoms with Gasteiger partial charge in [0.1, 0.15) is 0 Å². The van der Waals surface area contributed by atoms with Crippen LogP contribution in [0.1, 0.15) is 18.1 Å². The summed E-state index contributed by atoms with van der Waals surface area (Å²) in [5.74, 6) is 0.0297. The second-order valence-electron chi connectivity index (χ2n) is 5.30. The van der Waals surface area contributed by atoms with Crippen molar-refractivity contribution in [1.82, 2.24) is 4.90 Å². The number of benzene rings is 2. The molecule has 0 atom stereocenters. The van der Waals surface area contributed by atoms with Crippen LogP contribution in [0.15, 0.2) is 48.5 Å². The highest BCUT2D eigenvalue weighted by atomic mass is 127. The van der Waals surface area contributed by atoms with Crippen LogP contribution in [0.3, 0.4) is 0 Å². The second kappa shape index (κ2) is 8.29. The maximum atomic E-state index is 12.3. The Morgan fingerprint density at radius 2 is 1.91 bits per heavy atom. The van der Waals surface area contributed by atoms with E-state index in [1.54, 1.807) is 0 Å². The highest BCUT2D eigenvalue weighted by molar-refractivity contribution is 14.1. The van der Waals surface area contributed by atoms with Gasteiger partial charge in [0.2, 0.25) is 5.91 Å². The van der Waals surface area contributed by atoms with Crippen LogP contribution in [0.25, 0.3) is 0 Å².